The predicted octanol–water partition coefficient (Wildman–Crippen LogP) is 3.84. The molecule has 4 nitrogen and oxygen atoms in total. The normalized spacial score (nSPS) is 16.5. The summed E-state index contributed by atoms with van der Waals surface area (Å²) in [6.45, 7) is 8.61. The van der Waals surface area contributed by atoms with E-state index in [2.05, 4.69) is 43.6 Å². The molecule has 1 aliphatic carbocycles. The molecule has 0 bridgehead atoms. The largest absolute Gasteiger partial charge is 0.346 e. The zero-order valence-corrected chi connectivity index (χ0v) is 13.8. The second-order valence-corrected chi connectivity index (χ2v) is 6.93. The van der Waals surface area contributed by atoms with E-state index in [9.17, 15) is 4.79 Å². The van der Waals surface area contributed by atoms with Gasteiger partial charge in [-0.05, 0) is 44.7 Å². The maximum Gasteiger partial charge on any atom is 0.223 e. The number of benzene rings is 1. The number of nitrogens with zero attached hydrogens (tertiary/aromatic N) is 2. The topological polar surface area (TPSA) is 46.9 Å². The van der Waals surface area contributed by atoms with Crippen molar-refractivity contribution in [3.05, 3.63) is 30.1 Å². The van der Waals surface area contributed by atoms with Gasteiger partial charge in [-0.15, -0.1) is 0 Å². The van der Waals surface area contributed by atoms with Crippen molar-refractivity contribution < 1.29 is 4.79 Å². The van der Waals surface area contributed by atoms with Crippen molar-refractivity contribution in [1.82, 2.24) is 14.9 Å². The van der Waals surface area contributed by atoms with Gasteiger partial charge < -0.3 is 9.88 Å². The second-order valence-electron chi connectivity index (χ2n) is 6.93. The number of rotatable bonds is 5. The minimum atomic E-state index is -0.0390. The Kier molecular flexibility index (Phi) is 3.94. The fourth-order valence-corrected chi connectivity index (χ4v) is 2.97. The van der Waals surface area contributed by atoms with Crippen LogP contribution in [0.25, 0.3) is 11.0 Å². The van der Waals surface area contributed by atoms with Crippen molar-refractivity contribution in [1.29, 1.82) is 0 Å². The zero-order chi connectivity index (χ0) is 15.9. The van der Waals surface area contributed by atoms with Gasteiger partial charge in [0.2, 0.25) is 5.91 Å². The summed E-state index contributed by atoms with van der Waals surface area (Å²) in [4.78, 5) is 17.1. The lowest BCUT2D eigenvalue weighted by Crippen LogP contribution is -2.34. The summed E-state index contributed by atoms with van der Waals surface area (Å²) in [6.07, 6.45) is 2.05. The van der Waals surface area contributed by atoms with Gasteiger partial charge in [0.05, 0.1) is 17.1 Å². The number of imidazole rings is 1. The molecule has 4 heteroatoms. The fourth-order valence-electron chi connectivity index (χ4n) is 2.97. The van der Waals surface area contributed by atoms with Crippen LogP contribution >= 0.6 is 0 Å². The molecule has 2 aromatic rings. The minimum Gasteiger partial charge on any atom is -0.346 e. The summed E-state index contributed by atoms with van der Waals surface area (Å²) >= 11 is 0. The standard InChI is InChI=1S/C18H25N3O/c1-11(2)16(20-18(22)13-9-10-13)17-19-14-7-5-6-8-15(14)21(17)12(3)4/h5-8,11-13,16H,9-10H2,1-4H3,(H,20,22)/t16-/m0/s1. The summed E-state index contributed by atoms with van der Waals surface area (Å²) in [5.41, 5.74) is 2.14. The molecular weight excluding hydrogens is 274 g/mol. The molecule has 22 heavy (non-hydrogen) atoms. The summed E-state index contributed by atoms with van der Waals surface area (Å²) in [5.74, 6) is 1.68. The molecule has 0 saturated heterocycles. The molecule has 1 aromatic carbocycles. The predicted molar refractivity (Wildman–Crippen MR) is 88.6 cm³/mol. The lowest BCUT2D eigenvalue weighted by Gasteiger charge is -2.24. The molecule has 1 saturated carbocycles. The molecule has 0 unspecified atom stereocenters. The van der Waals surface area contributed by atoms with Crippen LogP contribution in [0, 0.1) is 11.8 Å². The minimum absolute atomic E-state index is 0.0390. The summed E-state index contributed by atoms with van der Waals surface area (Å²) < 4.78 is 2.26. The Labute approximate surface area is 131 Å². The van der Waals surface area contributed by atoms with E-state index in [0.717, 1.165) is 29.7 Å². The average molecular weight is 299 g/mol. The number of hydrogen-bond donors (Lipinski definition) is 1. The van der Waals surface area contributed by atoms with Crippen LogP contribution < -0.4 is 5.32 Å². The van der Waals surface area contributed by atoms with Crippen molar-refractivity contribution in [2.75, 3.05) is 0 Å². The fraction of sp³-hybridized carbons (Fsp3) is 0.556. The van der Waals surface area contributed by atoms with E-state index in [1.54, 1.807) is 0 Å². The lowest BCUT2D eigenvalue weighted by atomic mass is 10.0. The molecule has 1 aliphatic rings. The first-order chi connectivity index (χ1) is 10.5. The van der Waals surface area contributed by atoms with Crippen LogP contribution in [0.3, 0.4) is 0 Å². The quantitative estimate of drug-likeness (QED) is 0.911. The van der Waals surface area contributed by atoms with Gasteiger partial charge >= 0.3 is 0 Å². The van der Waals surface area contributed by atoms with Crippen LogP contribution in [0.1, 0.15) is 58.4 Å². The first-order valence-corrected chi connectivity index (χ1v) is 8.26. The zero-order valence-electron chi connectivity index (χ0n) is 13.8. The van der Waals surface area contributed by atoms with Crippen LogP contribution in [0.15, 0.2) is 24.3 Å². The highest BCUT2D eigenvalue weighted by Crippen LogP contribution is 2.32. The van der Waals surface area contributed by atoms with E-state index >= 15 is 0 Å². The molecule has 1 N–H and O–H groups in total. The van der Waals surface area contributed by atoms with E-state index in [1.807, 2.05) is 18.2 Å². The number of carbonyl (C=O) groups excluding carboxylic acids is 1. The number of aromatic nitrogens is 2. The average Bonchev–Trinajstić information content (AvgIpc) is 3.24. The molecule has 1 amide bonds. The van der Waals surface area contributed by atoms with E-state index < -0.39 is 0 Å². The molecule has 1 fully saturated rings. The third-order valence-electron chi connectivity index (χ3n) is 4.33. The van der Waals surface area contributed by atoms with Gasteiger partial charge in [0, 0.05) is 12.0 Å². The van der Waals surface area contributed by atoms with Crippen molar-refractivity contribution in [2.45, 2.75) is 52.6 Å². The van der Waals surface area contributed by atoms with Crippen molar-refractivity contribution in [3.63, 3.8) is 0 Å². The van der Waals surface area contributed by atoms with Gasteiger partial charge in [0.25, 0.3) is 0 Å². The number of para-hydroxylation sites is 2. The van der Waals surface area contributed by atoms with Gasteiger partial charge in [-0.25, -0.2) is 4.98 Å². The third-order valence-corrected chi connectivity index (χ3v) is 4.33. The van der Waals surface area contributed by atoms with Crippen molar-refractivity contribution >= 4 is 16.9 Å². The first-order valence-electron chi connectivity index (χ1n) is 8.26. The van der Waals surface area contributed by atoms with Gasteiger partial charge in [-0.2, -0.15) is 0 Å². The number of carbonyl (C=O) groups is 1. The monoisotopic (exact) mass is 299 g/mol. The maximum absolute atomic E-state index is 12.2. The molecule has 0 spiro atoms. The summed E-state index contributed by atoms with van der Waals surface area (Å²) in [6, 6.07) is 8.46. The molecule has 0 aliphatic heterocycles. The number of hydrogen-bond acceptors (Lipinski definition) is 2. The van der Waals surface area contributed by atoms with Crippen LogP contribution in [-0.4, -0.2) is 15.5 Å². The number of fused-ring (bicyclic) bond motifs is 1. The summed E-state index contributed by atoms with van der Waals surface area (Å²) in [7, 11) is 0. The van der Waals surface area contributed by atoms with E-state index in [0.29, 0.717) is 12.0 Å². The van der Waals surface area contributed by atoms with Crippen LogP contribution in [0.2, 0.25) is 0 Å². The first kappa shape index (κ1) is 15.1. The van der Waals surface area contributed by atoms with Gasteiger partial charge in [0.15, 0.2) is 0 Å². The molecule has 3 rings (SSSR count). The van der Waals surface area contributed by atoms with Gasteiger partial charge in [-0.1, -0.05) is 26.0 Å². The Balaban J connectivity index is 2.04. The maximum atomic E-state index is 12.2. The van der Waals surface area contributed by atoms with Gasteiger partial charge in [0.1, 0.15) is 5.82 Å². The molecule has 1 atom stereocenters. The second kappa shape index (κ2) is 5.75. The Bertz CT molecular complexity index is 683. The highest BCUT2D eigenvalue weighted by atomic mass is 16.2. The van der Waals surface area contributed by atoms with E-state index in [-0.39, 0.29) is 17.9 Å². The third kappa shape index (κ3) is 2.74. The lowest BCUT2D eigenvalue weighted by molar-refractivity contribution is -0.123. The van der Waals surface area contributed by atoms with Crippen LogP contribution in [-0.2, 0) is 4.79 Å². The number of nitrogens with one attached hydrogen (secondary N) is 1. The SMILES string of the molecule is CC(C)[C@H](NC(=O)C1CC1)c1nc2ccccc2n1C(C)C. The molecule has 118 valence electrons. The summed E-state index contributed by atoms with van der Waals surface area (Å²) in [5, 5.41) is 3.23. The van der Waals surface area contributed by atoms with Crippen molar-refractivity contribution in [2.24, 2.45) is 11.8 Å². The Morgan fingerprint density at radius 1 is 1.23 bits per heavy atom. The Morgan fingerprint density at radius 2 is 1.91 bits per heavy atom. The smallest absolute Gasteiger partial charge is 0.223 e. The van der Waals surface area contributed by atoms with Crippen LogP contribution in [0.5, 0.6) is 0 Å². The molecule has 1 heterocycles. The number of amides is 1. The molecule has 1 aromatic heterocycles. The Morgan fingerprint density at radius 3 is 2.50 bits per heavy atom. The van der Waals surface area contributed by atoms with E-state index in [4.69, 9.17) is 4.98 Å². The molecule has 0 radical (unpaired) electrons. The Hall–Kier alpha value is -1.84. The highest BCUT2D eigenvalue weighted by Gasteiger charge is 2.33. The van der Waals surface area contributed by atoms with Gasteiger partial charge in [-0.3, -0.25) is 4.79 Å². The van der Waals surface area contributed by atoms with Crippen LogP contribution in [0.4, 0.5) is 0 Å². The van der Waals surface area contributed by atoms with Crippen molar-refractivity contribution in [3.8, 4) is 0 Å². The molecular formula is C18H25N3O. The highest BCUT2D eigenvalue weighted by molar-refractivity contribution is 5.81. The van der Waals surface area contributed by atoms with E-state index in [1.165, 1.54) is 0 Å².